The minimum absolute atomic E-state index is 0.772. The molecule has 0 amide bonds. The van der Waals surface area contributed by atoms with Crippen LogP contribution in [0.5, 0.6) is 0 Å². The quantitative estimate of drug-likeness (QED) is 0.838. The first kappa shape index (κ1) is 12.6. The Morgan fingerprint density at radius 2 is 1.95 bits per heavy atom. The predicted molar refractivity (Wildman–Crippen MR) is 79.1 cm³/mol. The van der Waals surface area contributed by atoms with Gasteiger partial charge in [0, 0.05) is 13.1 Å². The third-order valence-corrected chi connectivity index (χ3v) is 6.92. The lowest BCUT2D eigenvalue weighted by Crippen LogP contribution is -2.34. The Morgan fingerprint density at radius 1 is 1.11 bits per heavy atom. The van der Waals surface area contributed by atoms with Crippen molar-refractivity contribution in [2.75, 3.05) is 33.2 Å². The summed E-state index contributed by atoms with van der Waals surface area (Å²) < 4.78 is 0. The maximum absolute atomic E-state index is 3.52. The molecule has 2 bridgehead atoms. The Morgan fingerprint density at radius 3 is 2.63 bits per heavy atom. The molecule has 1 saturated heterocycles. The van der Waals surface area contributed by atoms with Crippen molar-refractivity contribution < 1.29 is 0 Å². The second-order valence-electron chi connectivity index (χ2n) is 8.17. The van der Waals surface area contributed by atoms with Crippen LogP contribution in [0, 0.1) is 29.1 Å². The van der Waals surface area contributed by atoms with Crippen molar-refractivity contribution in [3.63, 3.8) is 0 Å². The molecule has 4 atom stereocenters. The van der Waals surface area contributed by atoms with Gasteiger partial charge in [0.1, 0.15) is 0 Å². The molecule has 1 spiro atoms. The predicted octanol–water partition coefficient (Wildman–Crippen LogP) is 2.74. The monoisotopic (exact) mass is 262 g/mol. The van der Waals surface area contributed by atoms with E-state index in [9.17, 15) is 0 Å². The van der Waals surface area contributed by atoms with Gasteiger partial charge in [0.15, 0.2) is 0 Å². The molecule has 4 rings (SSSR count). The second-order valence-corrected chi connectivity index (χ2v) is 8.17. The molecule has 4 aliphatic rings. The van der Waals surface area contributed by atoms with Crippen LogP contribution in [0.3, 0.4) is 0 Å². The Labute approximate surface area is 118 Å². The molecule has 3 aliphatic carbocycles. The number of fused-ring (bicyclic) bond motifs is 2. The van der Waals surface area contributed by atoms with Crippen LogP contribution in [0.4, 0.5) is 0 Å². The van der Waals surface area contributed by atoms with Crippen LogP contribution in [0.25, 0.3) is 0 Å². The van der Waals surface area contributed by atoms with E-state index in [0.717, 1.165) is 29.1 Å². The van der Waals surface area contributed by atoms with Crippen LogP contribution in [-0.4, -0.2) is 38.1 Å². The van der Waals surface area contributed by atoms with Gasteiger partial charge in [0.05, 0.1) is 0 Å². The highest BCUT2D eigenvalue weighted by Gasteiger charge is 2.53. The van der Waals surface area contributed by atoms with Gasteiger partial charge in [-0.05, 0) is 87.7 Å². The molecular formula is C17H30N2. The van der Waals surface area contributed by atoms with E-state index >= 15 is 0 Å². The van der Waals surface area contributed by atoms with Gasteiger partial charge in [-0.2, -0.15) is 0 Å². The minimum atomic E-state index is 0.772. The summed E-state index contributed by atoms with van der Waals surface area (Å²) in [6.45, 7) is 5.32. The van der Waals surface area contributed by atoms with Gasteiger partial charge in [-0.15, -0.1) is 0 Å². The summed E-state index contributed by atoms with van der Waals surface area (Å²) in [4.78, 5) is 2.69. The molecule has 0 radical (unpaired) electrons. The van der Waals surface area contributed by atoms with E-state index in [1.54, 1.807) is 25.7 Å². The minimum Gasteiger partial charge on any atom is -0.317 e. The van der Waals surface area contributed by atoms with Crippen molar-refractivity contribution in [3.8, 4) is 0 Å². The highest BCUT2D eigenvalue weighted by Crippen LogP contribution is 2.58. The van der Waals surface area contributed by atoms with E-state index in [1.807, 2.05) is 0 Å². The molecule has 2 heteroatoms. The van der Waals surface area contributed by atoms with E-state index in [1.165, 1.54) is 45.4 Å². The summed E-state index contributed by atoms with van der Waals surface area (Å²) >= 11 is 0. The van der Waals surface area contributed by atoms with Crippen molar-refractivity contribution in [3.05, 3.63) is 0 Å². The number of rotatable bonds is 4. The van der Waals surface area contributed by atoms with Crippen LogP contribution in [0.2, 0.25) is 0 Å². The molecule has 19 heavy (non-hydrogen) atoms. The second kappa shape index (κ2) is 4.73. The molecule has 0 aromatic heterocycles. The number of piperidine rings is 1. The zero-order chi connectivity index (χ0) is 12.9. The fourth-order valence-corrected chi connectivity index (χ4v) is 5.68. The topological polar surface area (TPSA) is 15.3 Å². The molecule has 1 heterocycles. The van der Waals surface area contributed by atoms with Crippen molar-refractivity contribution in [1.82, 2.24) is 10.2 Å². The van der Waals surface area contributed by atoms with E-state index in [-0.39, 0.29) is 0 Å². The van der Waals surface area contributed by atoms with Crippen LogP contribution < -0.4 is 5.32 Å². The average molecular weight is 262 g/mol. The average Bonchev–Trinajstić information content (AvgIpc) is 2.81. The normalized spacial score (nSPS) is 43.3. The lowest BCUT2D eigenvalue weighted by atomic mass is 9.88. The van der Waals surface area contributed by atoms with E-state index < -0.39 is 0 Å². The van der Waals surface area contributed by atoms with Crippen LogP contribution in [0.1, 0.15) is 44.9 Å². The third-order valence-electron chi connectivity index (χ3n) is 6.92. The summed E-state index contributed by atoms with van der Waals surface area (Å²) in [6, 6.07) is 0. The van der Waals surface area contributed by atoms with Gasteiger partial charge >= 0.3 is 0 Å². The van der Waals surface area contributed by atoms with Crippen LogP contribution in [0.15, 0.2) is 0 Å². The first-order chi connectivity index (χ1) is 9.25. The molecule has 3 saturated carbocycles. The molecule has 0 aromatic rings. The molecule has 4 fully saturated rings. The molecule has 2 nitrogen and oxygen atoms in total. The first-order valence-corrected chi connectivity index (χ1v) is 8.64. The molecule has 1 N–H and O–H groups in total. The lowest BCUT2D eigenvalue weighted by Gasteiger charge is -2.29. The fourth-order valence-electron chi connectivity index (χ4n) is 5.68. The van der Waals surface area contributed by atoms with Crippen LogP contribution in [-0.2, 0) is 0 Å². The lowest BCUT2D eigenvalue weighted by molar-refractivity contribution is 0.199. The van der Waals surface area contributed by atoms with Gasteiger partial charge in [-0.1, -0.05) is 6.42 Å². The van der Waals surface area contributed by atoms with Crippen LogP contribution >= 0.6 is 0 Å². The highest BCUT2D eigenvalue weighted by molar-refractivity contribution is 5.05. The first-order valence-electron chi connectivity index (χ1n) is 8.64. The van der Waals surface area contributed by atoms with Gasteiger partial charge in [-0.3, -0.25) is 0 Å². The maximum atomic E-state index is 3.52. The molecule has 108 valence electrons. The van der Waals surface area contributed by atoms with Crippen molar-refractivity contribution in [2.24, 2.45) is 29.1 Å². The van der Waals surface area contributed by atoms with Crippen molar-refractivity contribution in [1.29, 1.82) is 0 Å². The number of nitrogens with zero attached hydrogens (tertiary/aromatic N) is 1. The van der Waals surface area contributed by atoms with E-state index in [0.29, 0.717) is 0 Å². The van der Waals surface area contributed by atoms with Gasteiger partial charge < -0.3 is 10.2 Å². The zero-order valence-electron chi connectivity index (χ0n) is 12.5. The number of nitrogens with one attached hydrogen (secondary N) is 1. The molecular weight excluding hydrogens is 232 g/mol. The SMILES string of the molecule is CN(CC1CC2CCC1C2)CC1CC12CCNCC2. The molecule has 1 aliphatic heterocycles. The van der Waals surface area contributed by atoms with E-state index in [2.05, 4.69) is 17.3 Å². The van der Waals surface area contributed by atoms with Gasteiger partial charge in [0.25, 0.3) is 0 Å². The largest absolute Gasteiger partial charge is 0.317 e. The smallest absolute Gasteiger partial charge is 0.00123 e. The highest BCUT2D eigenvalue weighted by atomic mass is 15.1. The standard InChI is InChI=1S/C17H30N2/c1-19(11-15-9-13-2-3-14(15)8-13)12-16-10-17(16)4-6-18-7-5-17/h13-16,18H,2-12H2,1H3. The van der Waals surface area contributed by atoms with Gasteiger partial charge in [-0.25, -0.2) is 0 Å². The fraction of sp³-hybridized carbons (Fsp3) is 1.00. The van der Waals surface area contributed by atoms with Gasteiger partial charge in [0.2, 0.25) is 0 Å². The summed E-state index contributed by atoms with van der Waals surface area (Å²) in [5, 5.41) is 3.52. The number of hydrogen-bond acceptors (Lipinski definition) is 2. The maximum Gasteiger partial charge on any atom is 0.00123 e. The Balaban J connectivity index is 1.25. The van der Waals surface area contributed by atoms with Crippen molar-refractivity contribution in [2.45, 2.75) is 44.9 Å². The summed E-state index contributed by atoms with van der Waals surface area (Å²) in [5.41, 5.74) is 0.772. The van der Waals surface area contributed by atoms with Crippen molar-refractivity contribution >= 4 is 0 Å². The third kappa shape index (κ3) is 2.35. The Kier molecular flexibility index (Phi) is 3.15. The summed E-state index contributed by atoms with van der Waals surface area (Å²) in [7, 11) is 2.39. The Hall–Kier alpha value is -0.0800. The Bertz CT molecular complexity index is 334. The summed E-state index contributed by atoms with van der Waals surface area (Å²) in [5.74, 6) is 4.28. The zero-order valence-corrected chi connectivity index (χ0v) is 12.5. The molecule has 4 unspecified atom stereocenters. The number of hydrogen-bond donors (Lipinski definition) is 1. The summed E-state index contributed by atoms with van der Waals surface area (Å²) in [6.07, 6.45) is 10.6. The molecule has 0 aromatic carbocycles. The van der Waals surface area contributed by atoms with E-state index in [4.69, 9.17) is 0 Å².